The summed E-state index contributed by atoms with van der Waals surface area (Å²) in [5.74, 6) is -1.21. The maximum absolute atomic E-state index is 11.9. The van der Waals surface area contributed by atoms with Crippen LogP contribution in [0, 0.1) is 0 Å². The van der Waals surface area contributed by atoms with Crippen LogP contribution in [0.3, 0.4) is 0 Å². The van der Waals surface area contributed by atoms with Gasteiger partial charge in [-0.25, -0.2) is 4.98 Å². The second-order valence-electron chi connectivity index (χ2n) is 5.38. The lowest BCUT2D eigenvalue weighted by Gasteiger charge is -2.09. The number of nitrogens with one attached hydrogen (secondary N) is 1. The number of fused-ring (bicyclic) bond motifs is 1. The molecule has 0 saturated carbocycles. The molecule has 26 heavy (non-hydrogen) atoms. The van der Waals surface area contributed by atoms with Gasteiger partial charge in [-0.3, -0.25) is 9.59 Å². The van der Waals surface area contributed by atoms with Crippen molar-refractivity contribution in [3.63, 3.8) is 0 Å². The summed E-state index contributed by atoms with van der Waals surface area (Å²) >= 11 is 0. The quantitative estimate of drug-likeness (QED) is 0.553. The Morgan fingerprint density at radius 2 is 1.73 bits per heavy atom. The summed E-state index contributed by atoms with van der Waals surface area (Å²) in [7, 11) is 0. The fourth-order valence-electron chi connectivity index (χ4n) is 2.31. The van der Waals surface area contributed by atoms with E-state index in [9.17, 15) is 19.8 Å². The number of aliphatic carboxylic acids is 1. The third-order valence-electron chi connectivity index (χ3n) is 3.52. The molecule has 0 fully saturated rings. The summed E-state index contributed by atoms with van der Waals surface area (Å²) < 4.78 is 5.66. The van der Waals surface area contributed by atoms with E-state index in [2.05, 4.69) is 10.3 Å². The van der Waals surface area contributed by atoms with Crippen molar-refractivity contribution in [2.45, 2.75) is 0 Å². The van der Waals surface area contributed by atoms with E-state index in [4.69, 9.17) is 9.84 Å². The van der Waals surface area contributed by atoms with Crippen molar-refractivity contribution in [1.82, 2.24) is 10.3 Å². The zero-order chi connectivity index (χ0) is 18.7. The molecule has 3 aromatic rings. The Balaban J connectivity index is 1.87. The molecule has 0 aliphatic rings. The van der Waals surface area contributed by atoms with E-state index >= 15 is 0 Å². The Labute approximate surface area is 147 Å². The molecule has 1 amide bonds. The van der Waals surface area contributed by atoms with E-state index in [1.54, 1.807) is 30.3 Å². The van der Waals surface area contributed by atoms with Gasteiger partial charge in [0.15, 0.2) is 11.4 Å². The number of ether oxygens (including phenoxy) is 1. The second kappa shape index (κ2) is 6.98. The summed E-state index contributed by atoms with van der Waals surface area (Å²) in [6.45, 7) is -0.572. The van der Waals surface area contributed by atoms with Gasteiger partial charge in [0.1, 0.15) is 23.8 Å². The molecule has 3 rings (SSSR count). The Kier molecular flexibility index (Phi) is 4.57. The topological polar surface area (TPSA) is 129 Å². The number of carbonyl (C=O) groups excluding carboxylic acids is 1. The van der Waals surface area contributed by atoms with Gasteiger partial charge in [-0.2, -0.15) is 0 Å². The van der Waals surface area contributed by atoms with Gasteiger partial charge in [0.25, 0.3) is 5.91 Å². The Morgan fingerprint density at radius 3 is 2.42 bits per heavy atom. The summed E-state index contributed by atoms with van der Waals surface area (Å²) in [4.78, 5) is 26.3. The molecule has 0 radical (unpaired) electrons. The van der Waals surface area contributed by atoms with Crippen LogP contribution in [0.1, 0.15) is 10.5 Å². The van der Waals surface area contributed by atoms with Crippen LogP contribution in [0.4, 0.5) is 0 Å². The zero-order valence-corrected chi connectivity index (χ0v) is 13.3. The van der Waals surface area contributed by atoms with Crippen LogP contribution in [-0.4, -0.2) is 38.7 Å². The lowest BCUT2D eigenvalue weighted by Crippen LogP contribution is -2.29. The maximum atomic E-state index is 11.9. The van der Waals surface area contributed by atoms with Crippen LogP contribution < -0.4 is 10.1 Å². The minimum atomic E-state index is -1.20. The average molecular weight is 354 g/mol. The van der Waals surface area contributed by atoms with Crippen LogP contribution in [0.25, 0.3) is 10.8 Å². The summed E-state index contributed by atoms with van der Waals surface area (Å²) in [5.41, 5.74) is -0.258. The van der Waals surface area contributed by atoms with Gasteiger partial charge >= 0.3 is 5.97 Å². The lowest BCUT2D eigenvalue weighted by atomic mass is 10.1. The molecule has 8 nitrogen and oxygen atoms in total. The van der Waals surface area contributed by atoms with Gasteiger partial charge in [0.05, 0.1) is 0 Å². The highest BCUT2D eigenvalue weighted by Crippen LogP contribution is 2.31. The SMILES string of the molecule is O=C(O)CNC(=O)c1ncc2cc(Oc3ccc(O)cc3)ccc2c1O. The number of nitrogens with zero attached hydrogens (tertiary/aromatic N) is 1. The standard InChI is InChI=1S/C18H14N2O6/c21-11-1-3-12(4-2-11)26-13-5-6-14-10(7-13)8-19-16(17(14)24)18(25)20-9-15(22)23/h1-8,21,24H,9H2,(H,20,25)(H,22,23). The first-order valence-corrected chi connectivity index (χ1v) is 7.52. The summed E-state index contributed by atoms with van der Waals surface area (Å²) in [5, 5.41) is 31.2. The van der Waals surface area contributed by atoms with Crippen molar-refractivity contribution in [2.24, 2.45) is 0 Å². The van der Waals surface area contributed by atoms with Gasteiger partial charge in [-0.05, 0) is 42.5 Å². The monoisotopic (exact) mass is 354 g/mol. The molecule has 1 aromatic heterocycles. The first kappa shape index (κ1) is 17.0. The number of phenols is 1. The number of phenolic OH excluding ortho intramolecular Hbond substituents is 1. The molecule has 4 N–H and O–H groups in total. The van der Waals surface area contributed by atoms with Crippen LogP contribution in [-0.2, 0) is 4.79 Å². The molecule has 1 heterocycles. The number of hydrogen-bond donors (Lipinski definition) is 4. The first-order chi connectivity index (χ1) is 12.4. The maximum Gasteiger partial charge on any atom is 0.322 e. The van der Waals surface area contributed by atoms with E-state index in [0.717, 1.165) is 0 Å². The fraction of sp³-hybridized carbons (Fsp3) is 0.0556. The summed E-state index contributed by atoms with van der Waals surface area (Å²) in [6.07, 6.45) is 1.38. The predicted molar refractivity (Wildman–Crippen MR) is 91.6 cm³/mol. The molecule has 0 unspecified atom stereocenters. The zero-order valence-electron chi connectivity index (χ0n) is 13.3. The largest absolute Gasteiger partial charge is 0.508 e. The molecular weight excluding hydrogens is 340 g/mol. The van der Waals surface area contributed by atoms with Gasteiger partial charge in [-0.15, -0.1) is 0 Å². The van der Waals surface area contributed by atoms with Crippen molar-refractivity contribution < 1.29 is 29.6 Å². The Bertz CT molecular complexity index is 985. The molecule has 8 heteroatoms. The first-order valence-electron chi connectivity index (χ1n) is 7.52. The third-order valence-corrected chi connectivity index (χ3v) is 3.52. The molecule has 0 spiro atoms. The third kappa shape index (κ3) is 3.64. The minimum absolute atomic E-state index is 0.124. The van der Waals surface area contributed by atoms with Gasteiger partial charge in [0.2, 0.25) is 0 Å². The van der Waals surface area contributed by atoms with Crippen molar-refractivity contribution in [3.05, 3.63) is 54.4 Å². The number of hydrogen-bond acceptors (Lipinski definition) is 6. The average Bonchev–Trinajstić information content (AvgIpc) is 2.62. The highest BCUT2D eigenvalue weighted by Gasteiger charge is 2.16. The number of benzene rings is 2. The van der Waals surface area contributed by atoms with Crippen molar-refractivity contribution >= 4 is 22.6 Å². The fourth-order valence-corrected chi connectivity index (χ4v) is 2.31. The van der Waals surface area contributed by atoms with E-state index in [-0.39, 0.29) is 17.2 Å². The van der Waals surface area contributed by atoms with E-state index < -0.39 is 18.4 Å². The molecule has 0 aliphatic carbocycles. The highest BCUT2D eigenvalue weighted by atomic mass is 16.5. The molecule has 0 saturated heterocycles. The molecule has 0 aliphatic heterocycles. The van der Waals surface area contributed by atoms with Crippen molar-refractivity contribution in [2.75, 3.05) is 6.54 Å². The molecule has 132 valence electrons. The van der Waals surface area contributed by atoms with Gasteiger partial charge < -0.3 is 25.4 Å². The highest BCUT2D eigenvalue weighted by molar-refractivity contribution is 6.02. The van der Waals surface area contributed by atoms with Crippen molar-refractivity contribution in [3.8, 4) is 23.0 Å². The normalized spacial score (nSPS) is 10.5. The lowest BCUT2D eigenvalue weighted by molar-refractivity contribution is -0.135. The number of aromatic hydroxyl groups is 2. The second-order valence-corrected chi connectivity index (χ2v) is 5.38. The van der Waals surface area contributed by atoms with Crippen LogP contribution in [0.2, 0.25) is 0 Å². The number of pyridine rings is 1. The van der Waals surface area contributed by atoms with Crippen molar-refractivity contribution in [1.29, 1.82) is 0 Å². The molecule has 0 atom stereocenters. The van der Waals surface area contributed by atoms with E-state index in [1.807, 2.05) is 0 Å². The molecular formula is C18H14N2O6. The van der Waals surface area contributed by atoms with Gasteiger partial charge in [0, 0.05) is 17.0 Å². The van der Waals surface area contributed by atoms with E-state index in [0.29, 0.717) is 22.3 Å². The number of rotatable bonds is 5. The predicted octanol–water partition coefficient (Wildman–Crippen LogP) is 2.25. The smallest absolute Gasteiger partial charge is 0.322 e. The van der Waals surface area contributed by atoms with Gasteiger partial charge in [-0.1, -0.05) is 0 Å². The summed E-state index contributed by atoms with van der Waals surface area (Å²) in [6, 6.07) is 11.0. The number of amides is 1. The van der Waals surface area contributed by atoms with Crippen LogP contribution in [0.5, 0.6) is 23.0 Å². The minimum Gasteiger partial charge on any atom is -0.508 e. The van der Waals surface area contributed by atoms with Crippen LogP contribution in [0.15, 0.2) is 48.7 Å². The Morgan fingerprint density at radius 1 is 1.04 bits per heavy atom. The van der Waals surface area contributed by atoms with Crippen LogP contribution >= 0.6 is 0 Å². The molecule has 2 aromatic carbocycles. The number of aromatic nitrogens is 1. The molecule has 0 bridgehead atoms. The number of carbonyl (C=O) groups is 2. The Hall–Kier alpha value is -3.81. The van der Waals surface area contributed by atoms with E-state index in [1.165, 1.54) is 18.3 Å². The number of carboxylic acid groups (broad SMARTS) is 1. The number of carboxylic acids is 1.